The van der Waals surface area contributed by atoms with Crippen LogP contribution in [-0.2, 0) is 11.2 Å². The maximum Gasteiger partial charge on any atom is 0.132 e. The highest BCUT2D eigenvalue weighted by atomic mass is 35.5. The molecule has 19 heavy (non-hydrogen) atoms. The van der Waals surface area contributed by atoms with Crippen molar-refractivity contribution in [3.63, 3.8) is 0 Å². The number of aromatic nitrogens is 1. The van der Waals surface area contributed by atoms with Gasteiger partial charge in [0.2, 0.25) is 0 Å². The molecule has 102 valence electrons. The average Bonchev–Trinajstić information content (AvgIpc) is 2.83. The summed E-state index contributed by atoms with van der Waals surface area (Å²) >= 11 is 5.60. The largest absolute Gasteiger partial charge is 0.361 e. The normalized spacial score (nSPS) is 11.0. The van der Waals surface area contributed by atoms with Crippen molar-refractivity contribution < 1.29 is 4.79 Å². The molecule has 0 aliphatic heterocycles. The SMILES string of the molecule is O=C(CCCCCl)CCCc1c[nH]c2ccccc12. The summed E-state index contributed by atoms with van der Waals surface area (Å²) in [4.78, 5) is 14.9. The predicted molar refractivity (Wildman–Crippen MR) is 80.8 cm³/mol. The predicted octanol–water partition coefficient (Wildman–Crippen LogP) is 4.47. The molecule has 0 radical (unpaired) electrons. The number of benzene rings is 1. The molecule has 1 aromatic carbocycles. The van der Waals surface area contributed by atoms with Gasteiger partial charge in [0.05, 0.1) is 0 Å². The van der Waals surface area contributed by atoms with Gasteiger partial charge in [0.1, 0.15) is 5.78 Å². The minimum absolute atomic E-state index is 0.366. The van der Waals surface area contributed by atoms with Crippen LogP contribution >= 0.6 is 11.6 Å². The third-order valence-corrected chi connectivity index (χ3v) is 3.68. The second kappa shape index (κ2) is 7.34. The molecule has 2 aromatic rings. The van der Waals surface area contributed by atoms with E-state index in [1.165, 1.54) is 16.5 Å². The topological polar surface area (TPSA) is 32.9 Å². The van der Waals surface area contributed by atoms with Crippen molar-refractivity contribution in [2.24, 2.45) is 0 Å². The molecule has 0 saturated carbocycles. The lowest BCUT2D eigenvalue weighted by molar-refractivity contribution is -0.119. The van der Waals surface area contributed by atoms with Gasteiger partial charge >= 0.3 is 0 Å². The number of H-pyrrole nitrogens is 1. The van der Waals surface area contributed by atoms with E-state index in [1.54, 1.807) is 0 Å². The lowest BCUT2D eigenvalue weighted by atomic mass is 10.0. The molecule has 1 aromatic heterocycles. The van der Waals surface area contributed by atoms with Gasteiger partial charge in [-0.2, -0.15) is 0 Å². The fraction of sp³-hybridized carbons (Fsp3) is 0.438. The van der Waals surface area contributed by atoms with Crippen molar-refractivity contribution in [1.82, 2.24) is 4.98 Å². The van der Waals surface area contributed by atoms with Gasteiger partial charge in [0, 0.05) is 35.8 Å². The molecule has 0 unspecified atom stereocenters. The zero-order valence-corrected chi connectivity index (χ0v) is 11.9. The van der Waals surface area contributed by atoms with Crippen LogP contribution in [0.25, 0.3) is 10.9 Å². The number of hydrogen-bond acceptors (Lipinski definition) is 1. The summed E-state index contributed by atoms with van der Waals surface area (Å²) in [5.41, 5.74) is 2.48. The Hall–Kier alpha value is -1.28. The highest BCUT2D eigenvalue weighted by Gasteiger charge is 2.05. The van der Waals surface area contributed by atoms with Gasteiger partial charge in [-0.25, -0.2) is 0 Å². The van der Waals surface area contributed by atoms with Crippen molar-refractivity contribution in [2.75, 3.05) is 5.88 Å². The molecule has 2 nitrogen and oxygen atoms in total. The molecule has 1 heterocycles. The second-order valence-corrected chi connectivity index (χ2v) is 5.28. The van der Waals surface area contributed by atoms with Crippen LogP contribution in [0.5, 0.6) is 0 Å². The first-order chi connectivity index (χ1) is 9.31. The Balaban J connectivity index is 1.78. The minimum Gasteiger partial charge on any atom is -0.361 e. The maximum atomic E-state index is 11.7. The summed E-state index contributed by atoms with van der Waals surface area (Å²) in [6.45, 7) is 0. The van der Waals surface area contributed by atoms with Gasteiger partial charge in [0.15, 0.2) is 0 Å². The van der Waals surface area contributed by atoms with Crippen LogP contribution in [0.2, 0.25) is 0 Å². The molecule has 2 rings (SSSR count). The molecule has 0 aliphatic carbocycles. The van der Waals surface area contributed by atoms with Crippen LogP contribution in [0.1, 0.15) is 37.7 Å². The third-order valence-electron chi connectivity index (χ3n) is 3.42. The zero-order valence-electron chi connectivity index (χ0n) is 11.1. The number of carbonyl (C=O) groups excluding carboxylic acids is 1. The number of nitrogens with one attached hydrogen (secondary N) is 1. The van der Waals surface area contributed by atoms with Crippen LogP contribution in [0, 0.1) is 0 Å². The molecule has 1 N–H and O–H groups in total. The van der Waals surface area contributed by atoms with Crippen LogP contribution in [-0.4, -0.2) is 16.6 Å². The Morgan fingerprint density at radius 3 is 2.74 bits per heavy atom. The van der Waals surface area contributed by atoms with Crippen molar-refractivity contribution >= 4 is 28.3 Å². The quantitative estimate of drug-likeness (QED) is 0.560. The molecule has 3 heteroatoms. The van der Waals surface area contributed by atoms with Crippen molar-refractivity contribution in [2.45, 2.75) is 38.5 Å². The van der Waals surface area contributed by atoms with E-state index in [4.69, 9.17) is 11.6 Å². The van der Waals surface area contributed by atoms with Crippen molar-refractivity contribution in [3.8, 4) is 0 Å². The molecule has 0 atom stereocenters. The monoisotopic (exact) mass is 277 g/mol. The van der Waals surface area contributed by atoms with E-state index in [9.17, 15) is 4.79 Å². The van der Waals surface area contributed by atoms with E-state index >= 15 is 0 Å². The summed E-state index contributed by atoms with van der Waals surface area (Å²) in [6.07, 6.45) is 7.18. The van der Waals surface area contributed by atoms with E-state index in [0.717, 1.165) is 25.7 Å². The number of hydrogen-bond donors (Lipinski definition) is 1. The van der Waals surface area contributed by atoms with Crippen LogP contribution < -0.4 is 0 Å². The van der Waals surface area contributed by atoms with E-state index in [2.05, 4.69) is 29.4 Å². The number of halogens is 1. The number of ketones is 1. The van der Waals surface area contributed by atoms with Gasteiger partial charge in [-0.3, -0.25) is 4.79 Å². The number of aromatic amines is 1. The third kappa shape index (κ3) is 4.10. The Labute approximate surface area is 119 Å². The highest BCUT2D eigenvalue weighted by Crippen LogP contribution is 2.19. The molecule has 0 saturated heterocycles. The fourth-order valence-electron chi connectivity index (χ4n) is 2.36. The highest BCUT2D eigenvalue weighted by molar-refractivity contribution is 6.17. The standard InChI is InChI=1S/C16H20ClNO/c17-11-4-3-7-14(19)8-5-6-13-12-18-16-10-2-1-9-15(13)16/h1-2,9-10,12,18H,3-8,11H2. The number of Topliss-reactive ketones (excluding diaryl/α,β-unsaturated/α-hetero) is 1. The molecule has 0 aliphatic rings. The summed E-state index contributed by atoms with van der Waals surface area (Å²) in [6, 6.07) is 8.29. The van der Waals surface area contributed by atoms with E-state index in [1.807, 2.05) is 6.07 Å². The molecule has 0 amide bonds. The van der Waals surface area contributed by atoms with Crippen molar-refractivity contribution in [1.29, 1.82) is 0 Å². The lowest BCUT2D eigenvalue weighted by Crippen LogP contribution is -1.99. The van der Waals surface area contributed by atoms with Crippen molar-refractivity contribution in [3.05, 3.63) is 36.0 Å². The van der Waals surface area contributed by atoms with Crippen LogP contribution in [0.4, 0.5) is 0 Å². The van der Waals surface area contributed by atoms with E-state index in [-0.39, 0.29) is 0 Å². The van der Waals surface area contributed by atoms with Gasteiger partial charge in [-0.15, -0.1) is 11.6 Å². The molecular formula is C16H20ClNO. The molecular weight excluding hydrogens is 258 g/mol. The fourth-order valence-corrected chi connectivity index (χ4v) is 2.55. The molecule has 0 bridgehead atoms. The Morgan fingerprint density at radius 1 is 1.11 bits per heavy atom. The zero-order chi connectivity index (χ0) is 13.5. The molecule has 0 spiro atoms. The Kier molecular flexibility index (Phi) is 5.46. The Morgan fingerprint density at radius 2 is 1.89 bits per heavy atom. The molecule has 0 fully saturated rings. The smallest absolute Gasteiger partial charge is 0.132 e. The first-order valence-corrected chi connectivity index (χ1v) is 7.47. The second-order valence-electron chi connectivity index (χ2n) is 4.90. The van der Waals surface area contributed by atoms with E-state index in [0.29, 0.717) is 24.5 Å². The average molecular weight is 278 g/mol. The number of aryl methyl sites for hydroxylation is 1. The van der Waals surface area contributed by atoms with E-state index < -0.39 is 0 Å². The number of rotatable bonds is 8. The van der Waals surface area contributed by atoms with Crippen LogP contribution in [0.3, 0.4) is 0 Å². The lowest BCUT2D eigenvalue weighted by Gasteiger charge is -2.01. The summed E-state index contributed by atoms with van der Waals surface area (Å²) in [7, 11) is 0. The number of para-hydroxylation sites is 1. The summed E-state index contributed by atoms with van der Waals surface area (Å²) < 4.78 is 0. The summed E-state index contributed by atoms with van der Waals surface area (Å²) in [5, 5.41) is 1.28. The first-order valence-electron chi connectivity index (χ1n) is 6.94. The van der Waals surface area contributed by atoms with Crippen LogP contribution in [0.15, 0.2) is 30.5 Å². The Bertz CT molecular complexity index is 532. The first kappa shape index (κ1) is 14.1. The number of fused-ring (bicyclic) bond motifs is 1. The van der Waals surface area contributed by atoms with Gasteiger partial charge < -0.3 is 4.98 Å². The minimum atomic E-state index is 0.366. The number of alkyl halides is 1. The van der Waals surface area contributed by atoms with Gasteiger partial charge in [-0.1, -0.05) is 18.2 Å². The number of carbonyl (C=O) groups is 1. The summed E-state index contributed by atoms with van der Waals surface area (Å²) in [5.74, 6) is 1.02. The van der Waals surface area contributed by atoms with Gasteiger partial charge in [0.25, 0.3) is 0 Å². The number of unbranched alkanes of at least 4 members (excludes halogenated alkanes) is 1. The van der Waals surface area contributed by atoms with Gasteiger partial charge in [-0.05, 0) is 37.3 Å². The maximum absolute atomic E-state index is 11.7.